The van der Waals surface area contributed by atoms with Crippen LogP contribution in [-0.2, 0) is 8.34 Å². The number of hydrogen-bond donors (Lipinski definition) is 3. The van der Waals surface area contributed by atoms with Crippen molar-refractivity contribution in [1.82, 2.24) is 10.5 Å². The van der Waals surface area contributed by atoms with Crippen LogP contribution in [0.1, 0.15) is 4.88 Å². The molecule has 0 aromatic carbocycles. The second kappa shape index (κ2) is 6.06. The van der Waals surface area contributed by atoms with Gasteiger partial charge in [-0.2, -0.15) is 5.48 Å². The van der Waals surface area contributed by atoms with E-state index < -0.39 is 3.55 Å². The third-order valence-electron chi connectivity index (χ3n) is 2.53. The van der Waals surface area contributed by atoms with E-state index in [1.54, 1.807) is 6.20 Å². The molecule has 4 N–H and O–H groups in total. The molecule has 0 amide bonds. The van der Waals surface area contributed by atoms with Gasteiger partial charge in [0.15, 0.2) is 9.33 Å². The molecule has 0 bridgehead atoms. The maximum absolute atomic E-state index is 11.8. The minimum Gasteiger partial charge on any atom is -0.316 e. The van der Waals surface area contributed by atoms with Gasteiger partial charge < -0.3 is 10.9 Å². The second-order valence-electron chi connectivity index (χ2n) is 3.85. The van der Waals surface area contributed by atoms with Crippen LogP contribution in [-0.4, -0.2) is 22.5 Å². The molecule has 7 heteroatoms. The first kappa shape index (κ1) is 14.5. The maximum atomic E-state index is 11.8. The van der Waals surface area contributed by atoms with Crippen LogP contribution in [0.15, 0.2) is 36.5 Å². The van der Waals surface area contributed by atoms with Gasteiger partial charge in [-0.05, 0) is 46.9 Å². The molecule has 1 atom stereocenters. The normalized spacial score (nSPS) is 14.1. The van der Waals surface area contributed by atoms with Crippen molar-refractivity contribution < 1.29 is 10.0 Å². The molecule has 0 saturated heterocycles. The van der Waals surface area contributed by atoms with Crippen molar-refractivity contribution in [3.8, 4) is 10.6 Å². The maximum Gasteiger partial charge on any atom is 0.184 e. The van der Waals surface area contributed by atoms with Crippen LogP contribution >= 0.6 is 33.9 Å². The molecule has 0 aliphatic rings. The molecule has 0 aliphatic carbocycles. The topological polar surface area (TPSA) is 88.2 Å². The molecule has 0 aliphatic heterocycles. The van der Waals surface area contributed by atoms with Crippen molar-refractivity contribution in [2.75, 3.05) is 6.54 Å². The molecule has 2 heterocycles. The third-order valence-corrected chi connectivity index (χ3v) is 5.32. The number of carbonyl (C=O) groups is 1. The predicted octanol–water partition coefficient (Wildman–Crippen LogP) is 1.90. The van der Waals surface area contributed by atoms with Gasteiger partial charge >= 0.3 is 0 Å². The molecule has 19 heavy (non-hydrogen) atoms. The number of thiophene rings is 1. The number of halogens is 1. The first-order chi connectivity index (χ1) is 9.05. The van der Waals surface area contributed by atoms with Gasteiger partial charge in [0.2, 0.25) is 0 Å². The Bertz CT molecular complexity index is 571. The third kappa shape index (κ3) is 3.18. The molecular weight excluding hydrogens is 377 g/mol. The number of Topliss-reactive ketones (excluding diaryl/α,β-unsaturated/α-hetero) is 1. The number of alkyl halides is 1. The zero-order valence-electron chi connectivity index (χ0n) is 9.84. The lowest BCUT2D eigenvalue weighted by molar-refractivity contribution is -0.121. The van der Waals surface area contributed by atoms with Crippen molar-refractivity contribution in [3.05, 3.63) is 41.4 Å². The smallest absolute Gasteiger partial charge is 0.184 e. The Kier molecular flexibility index (Phi) is 4.63. The van der Waals surface area contributed by atoms with Crippen molar-refractivity contribution in [2.24, 2.45) is 5.73 Å². The highest BCUT2D eigenvalue weighted by Crippen LogP contribution is 2.36. The van der Waals surface area contributed by atoms with E-state index in [0.717, 1.165) is 15.4 Å². The minimum atomic E-state index is -1.15. The highest BCUT2D eigenvalue weighted by Gasteiger charge is 2.33. The van der Waals surface area contributed by atoms with Crippen LogP contribution in [0.25, 0.3) is 10.6 Å². The van der Waals surface area contributed by atoms with Crippen molar-refractivity contribution in [1.29, 1.82) is 0 Å². The summed E-state index contributed by atoms with van der Waals surface area (Å²) in [6.07, 6.45) is 1.72. The average molecular weight is 389 g/mol. The van der Waals surface area contributed by atoms with Crippen LogP contribution in [0.3, 0.4) is 0 Å². The summed E-state index contributed by atoms with van der Waals surface area (Å²) in [5.41, 5.74) is 8.72. The summed E-state index contributed by atoms with van der Waals surface area (Å²) in [5.74, 6) is -0.287. The van der Waals surface area contributed by atoms with Gasteiger partial charge in [-0.3, -0.25) is 9.78 Å². The Hall–Kier alpha value is -0.870. The number of nitrogens with zero attached hydrogens (tertiary/aromatic N) is 1. The van der Waals surface area contributed by atoms with Gasteiger partial charge in [0.25, 0.3) is 0 Å². The number of carbonyl (C=O) groups excluding carboxylic acids is 1. The van der Waals surface area contributed by atoms with E-state index in [1.807, 2.05) is 58.4 Å². The number of aromatic nitrogens is 1. The molecule has 2 aromatic rings. The first-order valence-electron chi connectivity index (χ1n) is 5.45. The number of hydrogen-bond acceptors (Lipinski definition) is 6. The summed E-state index contributed by atoms with van der Waals surface area (Å²) < 4.78 is -1.15. The summed E-state index contributed by atoms with van der Waals surface area (Å²) >= 11 is 3.31. The zero-order chi connectivity index (χ0) is 13.9. The van der Waals surface area contributed by atoms with Gasteiger partial charge in [-0.15, -0.1) is 11.3 Å². The van der Waals surface area contributed by atoms with E-state index in [9.17, 15) is 4.79 Å². The summed E-state index contributed by atoms with van der Waals surface area (Å²) in [4.78, 5) is 17.8. The van der Waals surface area contributed by atoms with Crippen LogP contribution in [0.5, 0.6) is 0 Å². The van der Waals surface area contributed by atoms with E-state index in [1.165, 1.54) is 11.3 Å². The average Bonchev–Trinajstić information content (AvgIpc) is 2.90. The molecule has 0 fully saturated rings. The van der Waals surface area contributed by atoms with Crippen LogP contribution in [0, 0.1) is 0 Å². The van der Waals surface area contributed by atoms with Crippen LogP contribution in [0.2, 0.25) is 0 Å². The Morgan fingerprint density at radius 3 is 2.89 bits per heavy atom. The molecular formula is C12H12IN3O2S. The lowest BCUT2D eigenvalue weighted by atomic mass is 10.1. The van der Waals surface area contributed by atoms with Gasteiger partial charge in [0, 0.05) is 11.1 Å². The Balaban J connectivity index is 2.28. The molecule has 5 nitrogen and oxygen atoms in total. The number of hydroxylamine groups is 1. The molecule has 100 valence electrons. The number of nitrogens with one attached hydrogen (secondary N) is 1. The van der Waals surface area contributed by atoms with E-state index >= 15 is 0 Å². The van der Waals surface area contributed by atoms with Gasteiger partial charge in [-0.1, -0.05) is 6.07 Å². The lowest BCUT2D eigenvalue weighted by Crippen LogP contribution is -2.42. The second-order valence-corrected chi connectivity index (χ2v) is 6.63. The summed E-state index contributed by atoms with van der Waals surface area (Å²) in [7, 11) is 0. The Labute approximate surface area is 128 Å². The fourth-order valence-corrected chi connectivity index (χ4v) is 3.22. The van der Waals surface area contributed by atoms with Gasteiger partial charge in [0.05, 0.1) is 17.1 Å². The first-order valence-corrected chi connectivity index (χ1v) is 7.35. The van der Waals surface area contributed by atoms with Crippen molar-refractivity contribution >= 4 is 39.7 Å². The van der Waals surface area contributed by atoms with Gasteiger partial charge in [-0.25, -0.2) is 0 Å². The SMILES string of the molecule is N[C@](I)(C(=O)CNO)c1ccc(-c2ccccn2)s1. The molecule has 0 saturated carbocycles. The Morgan fingerprint density at radius 2 is 2.26 bits per heavy atom. The monoisotopic (exact) mass is 389 g/mol. The summed E-state index contributed by atoms with van der Waals surface area (Å²) in [5, 5.41) is 8.59. The van der Waals surface area contributed by atoms with Crippen molar-refractivity contribution in [3.63, 3.8) is 0 Å². The fraction of sp³-hybridized carbons (Fsp3) is 0.167. The largest absolute Gasteiger partial charge is 0.316 e. The summed E-state index contributed by atoms with van der Waals surface area (Å²) in [6, 6.07) is 9.36. The van der Waals surface area contributed by atoms with E-state index in [2.05, 4.69) is 4.98 Å². The highest BCUT2D eigenvalue weighted by molar-refractivity contribution is 14.1. The molecule has 2 rings (SSSR count). The highest BCUT2D eigenvalue weighted by atomic mass is 127. The van der Waals surface area contributed by atoms with Crippen LogP contribution < -0.4 is 11.2 Å². The minimum absolute atomic E-state index is 0.184. The quantitative estimate of drug-likeness (QED) is 0.315. The molecule has 0 spiro atoms. The van der Waals surface area contributed by atoms with Crippen LogP contribution in [0.4, 0.5) is 0 Å². The molecule has 0 unspecified atom stereocenters. The van der Waals surface area contributed by atoms with E-state index in [4.69, 9.17) is 10.9 Å². The summed E-state index contributed by atoms with van der Waals surface area (Å²) in [6.45, 7) is -0.184. The van der Waals surface area contributed by atoms with E-state index in [0.29, 0.717) is 0 Å². The Morgan fingerprint density at radius 1 is 1.47 bits per heavy atom. The standard InChI is InChI=1S/C12H12IN3O2S/c13-12(14,10(17)7-16-18)11-5-4-9(19-11)8-3-1-2-6-15-8/h1-6,16,18H,7,14H2/t12-/m1/s1. The predicted molar refractivity (Wildman–Crippen MR) is 82.2 cm³/mol. The van der Waals surface area contributed by atoms with Gasteiger partial charge in [0.1, 0.15) is 0 Å². The van der Waals surface area contributed by atoms with Crippen molar-refractivity contribution in [2.45, 2.75) is 3.55 Å². The number of rotatable bonds is 5. The molecule has 0 radical (unpaired) electrons. The zero-order valence-corrected chi connectivity index (χ0v) is 12.8. The fourth-order valence-electron chi connectivity index (χ4n) is 1.52. The number of pyridine rings is 1. The molecule has 2 aromatic heterocycles. The number of ketones is 1. The van der Waals surface area contributed by atoms with E-state index in [-0.39, 0.29) is 12.3 Å². The lowest BCUT2D eigenvalue weighted by Gasteiger charge is -2.18. The number of nitrogens with two attached hydrogens (primary N) is 1.